The molecule has 1 saturated carbocycles. The summed E-state index contributed by atoms with van der Waals surface area (Å²) in [5, 5.41) is 3.26. The summed E-state index contributed by atoms with van der Waals surface area (Å²) in [6.45, 7) is 3.09. The van der Waals surface area contributed by atoms with Gasteiger partial charge in [-0.05, 0) is 84.3 Å². The first kappa shape index (κ1) is 27.3. The lowest BCUT2D eigenvalue weighted by molar-refractivity contribution is -0.128. The molecule has 3 aromatic rings. The zero-order valence-corrected chi connectivity index (χ0v) is 22.9. The molecule has 39 heavy (non-hydrogen) atoms. The minimum absolute atomic E-state index is 0.0360. The average Bonchev–Trinajstić information content (AvgIpc) is 3.28. The van der Waals surface area contributed by atoms with E-state index >= 15 is 4.39 Å². The van der Waals surface area contributed by atoms with Crippen molar-refractivity contribution in [3.8, 4) is 11.3 Å². The first-order chi connectivity index (χ1) is 18.7. The highest BCUT2D eigenvalue weighted by molar-refractivity contribution is 7.28. The van der Waals surface area contributed by atoms with Crippen LogP contribution in [-0.4, -0.2) is 39.3 Å². The number of likely N-dealkylation sites (tertiary alicyclic amines) is 1. The Balaban J connectivity index is 1.40. The summed E-state index contributed by atoms with van der Waals surface area (Å²) in [5.41, 5.74) is 8.02. The molecule has 0 bridgehead atoms. The van der Waals surface area contributed by atoms with Gasteiger partial charge in [-0.25, -0.2) is 13.8 Å². The van der Waals surface area contributed by atoms with E-state index < -0.39 is 17.5 Å². The zero-order valence-electron chi connectivity index (χ0n) is 21.8. The van der Waals surface area contributed by atoms with Crippen molar-refractivity contribution in [1.29, 1.82) is 0 Å². The van der Waals surface area contributed by atoms with Crippen molar-refractivity contribution in [1.82, 2.24) is 14.9 Å². The number of carbonyl (C=O) groups is 2. The predicted octanol–water partition coefficient (Wildman–Crippen LogP) is 4.53. The number of hydrogen-bond donors (Lipinski definition) is 2. The quantitative estimate of drug-likeness (QED) is 0.439. The number of nitrogens with two attached hydrogens (primary N) is 1. The summed E-state index contributed by atoms with van der Waals surface area (Å²) in [5.74, 6) is -1.28. The number of halogens is 2. The van der Waals surface area contributed by atoms with Gasteiger partial charge in [-0.1, -0.05) is 6.92 Å². The number of anilines is 1. The predicted molar refractivity (Wildman–Crippen MR) is 150 cm³/mol. The van der Waals surface area contributed by atoms with Crippen LogP contribution in [0.3, 0.4) is 0 Å². The number of nitrogens with zero attached hydrogens (tertiary/aromatic N) is 3. The third-order valence-corrected chi connectivity index (χ3v) is 8.02. The topological polar surface area (TPSA) is 101 Å². The van der Waals surface area contributed by atoms with Gasteiger partial charge in [0.25, 0.3) is 5.91 Å². The van der Waals surface area contributed by atoms with Gasteiger partial charge in [0, 0.05) is 37.3 Å². The Morgan fingerprint density at radius 2 is 2.00 bits per heavy atom. The van der Waals surface area contributed by atoms with Crippen LogP contribution in [0.1, 0.15) is 66.6 Å². The number of hydrogen-bond acceptors (Lipinski definition) is 5. The van der Waals surface area contributed by atoms with E-state index in [1.165, 1.54) is 12.1 Å². The summed E-state index contributed by atoms with van der Waals surface area (Å²) in [6, 6.07) is 7.36. The lowest BCUT2D eigenvalue weighted by Gasteiger charge is -2.32. The molecule has 10 heteroatoms. The van der Waals surface area contributed by atoms with Crippen molar-refractivity contribution >= 4 is 32.0 Å². The first-order valence-corrected chi connectivity index (χ1v) is 13.8. The number of nitrogens with one attached hydrogen (secondary N) is 1. The van der Waals surface area contributed by atoms with E-state index in [1.807, 2.05) is 6.07 Å². The van der Waals surface area contributed by atoms with Gasteiger partial charge in [0.1, 0.15) is 23.0 Å². The molecule has 4 unspecified atom stereocenters. The zero-order chi connectivity index (χ0) is 27.7. The average molecular weight is 552 g/mol. The van der Waals surface area contributed by atoms with Crippen LogP contribution in [0.15, 0.2) is 42.7 Å². The maximum Gasteiger partial charge on any atom is 0.274 e. The molecule has 2 aromatic heterocycles. The third kappa shape index (κ3) is 5.99. The molecule has 2 aliphatic rings. The number of aromatic nitrogens is 2. The summed E-state index contributed by atoms with van der Waals surface area (Å²) in [6.07, 6.45) is 7.30. The fourth-order valence-corrected chi connectivity index (χ4v) is 6.31. The molecule has 4 atom stereocenters. The molecular weight excluding hydrogens is 519 g/mol. The standard InChI is InChI=1S/C29H32F2N5O2P/c1-16-9-18(13-19(32)10-16)20-6-7-33-14-24(20)35-29(38)23-5-4-21(30)28(34-23)27-22(31)11-17(12-25(27)39)15-36-8-2-3-26(36)37/h4-7,11-12,14,16,18-19H,2-3,8-10,13,15,32,39H2,1H3,(H,35,38). The van der Waals surface area contributed by atoms with E-state index in [4.69, 9.17) is 5.73 Å². The van der Waals surface area contributed by atoms with Gasteiger partial charge in [-0.15, -0.1) is 9.24 Å². The van der Waals surface area contributed by atoms with Crippen LogP contribution >= 0.6 is 9.24 Å². The molecule has 1 aliphatic carbocycles. The van der Waals surface area contributed by atoms with Crippen LogP contribution in [0, 0.1) is 17.6 Å². The SMILES string of the molecule is CC1CC(N)CC(c2ccncc2NC(=O)c2ccc(F)c(-c3c(F)cc(CN4CCCC4=O)cc3P)n2)C1. The molecular formula is C29H32F2N5O2P. The van der Waals surface area contributed by atoms with Crippen molar-refractivity contribution < 1.29 is 18.4 Å². The summed E-state index contributed by atoms with van der Waals surface area (Å²) >= 11 is 0. The van der Waals surface area contributed by atoms with Gasteiger partial charge >= 0.3 is 0 Å². The fourth-order valence-electron chi connectivity index (χ4n) is 5.83. The Kier molecular flexibility index (Phi) is 8.01. The molecule has 1 aromatic carbocycles. The van der Waals surface area contributed by atoms with E-state index in [0.717, 1.165) is 37.3 Å². The van der Waals surface area contributed by atoms with Gasteiger partial charge in [-0.3, -0.25) is 14.6 Å². The summed E-state index contributed by atoms with van der Waals surface area (Å²) < 4.78 is 30.2. The van der Waals surface area contributed by atoms with Gasteiger partial charge < -0.3 is 16.0 Å². The minimum atomic E-state index is -0.746. The smallest absolute Gasteiger partial charge is 0.274 e. The number of benzene rings is 1. The molecule has 0 spiro atoms. The second-order valence-electron chi connectivity index (χ2n) is 10.7. The van der Waals surface area contributed by atoms with E-state index in [9.17, 15) is 14.0 Å². The Labute approximate surface area is 228 Å². The highest BCUT2D eigenvalue weighted by Gasteiger charge is 2.28. The molecule has 3 N–H and O–H groups in total. The second-order valence-corrected chi connectivity index (χ2v) is 11.3. The van der Waals surface area contributed by atoms with Gasteiger partial charge in [-0.2, -0.15) is 0 Å². The van der Waals surface area contributed by atoms with Crippen LogP contribution in [0.2, 0.25) is 0 Å². The second kappa shape index (κ2) is 11.4. The minimum Gasteiger partial charge on any atom is -0.338 e. The fraction of sp³-hybridized carbons (Fsp3) is 0.379. The number of rotatable bonds is 6. The maximum absolute atomic E-state index is 15.3. The molecule has 2 fully saturated rings. The number of pyridine rings is 2. The number of amides is 2. The van der Waals surface area contributed by atoms with Crippen molar-refractivity contribution in [2.24, 2.45) is 11.7 Å². The van der Waals surface area contributed by atoms with E-state index in [0.29, 0.717) is 35.4 Å². The van der Waals surface area contributed by atoms with Gasteiger partial charge in [0.2, 0.25) is 5.91 Å². The highest BCUT2D eigenvalue weighted by atomic mass is 31.0. The third-order valence-electron chi connectivity index (χ3n) is 7.56. The molecule has 204 valence electrons. The van der Waals surface area contributed by atoms with E-state index in [-0.39, 0.29) is 41.4 Å². The number of carbonyl (C=O) groups excluding carboxylic acids is 2. The Morgan fingerprint density at radius 3 is 2.72 bits per heavy atom. The van der Waals surface area contributed by atoms with Crippen molar-refractivity contribution in [2.45, 2.75) is 57.5 Å². The van der Waals surface area contributed by atoms with E-state index in [1.54, 1.807) is 23.4 Å². The molecule has 3 heterocycles. The van der Waals surface area contributed by atoms with Crippen molar-refractivity contribution in [3.63, 3.8) is 0 Å². The largest absolute Gasteiger partial charge is 0.338 e. The maximum atomic E-state index is 15.3. The van der Waals surface area contributed by atoms with Crippen LogP contribution < -0.4 is 16.4 Å². The lowest BCUT2D eigenvalue weighted by atomic mass is 9.76. The molecule has 1 saturated heterocycles. The molecule has 0 radical (unpaired) electrons. The summed E-state index contributed by atoms with van der Waals surface area (Å²) in [4.78, 5) is 35.3. The molecule has 5 rings (SSSR count). The highest BCUT2D eigenvalue weighted by Crippen LogP contribution is 2.38. The van der Waals surface area contributed by atoms with E-state index in [2.05, 4.69) is 31.4 Å². The monoisotopic (exact) mass is 551 g/mol. The Hall–Kier alpha value is -3.29. The van der Waals surface area contributed by atoms with Crippen molar-refractivity contribution in [3.05, 3.63) is 71.2 Å². The Bertz CT molecular complexity index is 1390. The Morgan fingerprint density at radius 1 is 1.18 bits per heavy atom. The summed E-state index contributed by atoms with van der Waals surface area (Å²) in [7, 11) is 2.41. The normalized spacial score (nSPS) is 21.3. The van der Waals surface area contributed by atoms with Crippen LogP contribution in [0.4, 0.5) is 14.5 Å². The van der Waals surface area contributed by atoms with Crippen LogP contribution in [-0.2, 0) is 11.3 Å². The van der Waals surface area contributed by atoms with Crippen LogP contribution in [0.5, 0.6) is 0 Å². The molecule has 2 amide bonds. The lowest BCUT2D eigenvalue weighted by Crippen LogP contribution is -2.31. The van der Waals surface area contributed by atoms with Gasteiger partial charge in [0.05, 0.1) is 11.9 Å². The van der Waals surface area contributed by atoms with Crippen LogP contribution in [0.25, 0.3) is 11.3 Å². The van der Waals surface area contributed by atoms with Gasteiger partial charge in [0.15, 0.2) is 0 Å². The molecule has 1 aliphatic heterocycles. The molecule has 7 nitrogen and oxygen atoms in total. The first-order valence-electron chi connectivity index (χ1n) is 13.2. The van der Waals surface area contributed by atoms with Crippen molar-refractivity contribution in [2.75, 3.05) is 11.9 Å².